The zero-order valence-electron chi connectivity index (χ0n) is 17.2. The monoisotopic (exact) mass is 511 g/mol. The van der Waals surface area contributed by atoms with Gasteiger partial charge in [-0.1, -0.05) is 48.5 Å². The van der Waals surface area contributed by atoms with E-state index in [2.05, 4.69) is 4.99 Å². The Morgan fingerprint density at radius 2 is 1.12 bits per heavy atom. The van der Waals surface area contributed by atoms with Crippen molar-refractivity contribution in [2.45, 2.75) is 37.0 Å². The van der Waals surface area contributed by atoms with Crippen LogP contribution in [0.15, 0.2) is 53.5 Å². The standard InChI is InChI=1S/C20H23F4NO6P2/c21-19(22,32(26,27)28)17-9-5-15(6-10-17)3-1-13-25-14-2-4-16-7-11-18(12-8-16)20(23,24)33(29,30)31/h5-13H,1-4,14H2,(H2,26,27,28)(H2,29,30,31). The van der Waals surface area contributed by atoms with Gasteiger partial charge in [0.15, 0.2) is 0 Å². The van der Waals surface area contributed by atoms with Crippen LogP contribution in [0.2, 0.25) is 0 Å². The van der Waals surface area contributed by atoms with E-state index in [1.807, 2.05) is 0 Å². The number of benzene rings is 2. The van der Waals surface area contributed by atoms with Crippen LogP contribution in [-0.4, -0.2) is 32.3 Å². The van der Waals surface area contributed by atoms with E-state index in [-0.39, 0.29) is 0 Å². The zero-order chi connectivity index (χ0) is 24.9. The molecular weight excluding hydrogens is 488 g/mol. The lowest BCUT2D eigenvalue weighted by atomic mass is 10.1. The Balaban J connectivity index is 1.76. The number of aliphatic imine (C=N–C) groups is 1. The van der Waals surface area contributed by atoms with Crippen LogP contribution in [0.5, 0.6) is 0 Å². The molecule has 0 heterocycles. The number of alkyl halides is 4. The number of halogens is 4. The summed E-state index contributed by atoms with van der Waals surface area (Å²) in [4.78, 5) is 39.2. The van der Waals surface area contributed by atoms with Crippen LogP contribution >= 0.6 is 15.2 Å². The molecule has 0 bridgehead atoms. The van der Waals surface area contributed by atoms with Gasteiger partial charge in [0.2, 0.25) is 0 Å². The molecule has 2 aromatic rings. The summed E-state index contributed by atoms with van der Waals surface area (Å²) in [5.41, 5.74) is -8.59. The van der Waals surface area contributed by atoms with E-state index in [4.69, 9.17) is 19.6 Å². The van der Waals surface area contributed by atoms with Crippen molar-refractivity contribution >= 4 is 21.4 Å². The molecule has 2 rings (SSSR count). The third-order valence-corrected chi connectivity index (χ3v) is 6.76. The molecule has 0 radical (unpaired) electrons. The smallest absolute Gasteiger partial charge is 0.320 e. The highest BCUT2D eigenvalue weighted by Crippen LogP contribution is 2.59. The largest absolute Gasteiger partial charge is 0.399 e. The van der Waals surface area contributed by atoms with Gasteiger partial charge in [-0.05, 0) is 43.0 Å². The van der Waals surface area contributed by atoms with Gasteiger partial charge in [-0.15, -0.1) is 0 Å². The molecule has 7 nitrogen and oxygen atoms in total. The Hall–Kier alpha value is -1.87. The van der Waals surface area contributed by atoms with Crippen LogP contribution in [0, 0.1) is 0 Å². The van der Waals surface area contributed by atoms with E-state index in [0.717, 1.165) is 24.3 Å². The summed E-state index contributed by atoms with van der Waals surface area (Å²) in [6, 6.07) is 9.42. The number of nitrogens with zero attached hydrogens (tertiary/aromatic N) is 1. The molecule has 0 aliphatic carbocycles. The van der Waals surface area contributed by atoms with Gasteiger partial charge in [0.1, 0.15) is 0 Å². The molecule has 4 N–H and O–H groups in total. The van der Waals surface area contributed by atoms with Crippen molar-refractivity contribution in [1.29, 1.82) is 0 Å². The van der Waals surface area contributed by atoms with Crippen molar-refractivity contribution in [3.05, 3.63) is 70.8 Å². The van der Waals surface area contributed by atoms with Crippen LogP contribution in [0.25, 0.3) is 0 Å². The lowest BCUT2D eigenvalue weighted by Crippen LogP contribution is -2.13. The average molecular weight is 511 g/mol. The second-order valence-corrected chi connectivity index (χ2v) is 10.6. The van der Waals surface area contributed by atoms with Gasteiger partial charge < -0.3 is 19.6 Å². The van der Waals surface area contributed by atoms with Gasteiger partial charge in [-0.2, -0.15) is 17.6 Å². The number of hydrogen-bond donors (Lipinski definition) is 4. The third-order valence-electron chi connectivity index (χ3n) is 4.78. The fraction of sp³-hybridized carbons (Fsp3) is 0.350. The normalized spacial score (nSPS) is 13.6. The Kier molecular flexibility index (Phi) is 8.79. The fourth-order valence-electron chi connectivity index (χ4n) is 2.87. The molecule has 0 aromatic heterocycles. The molecule has 0 atom stereocenters. The molecule has 0 fully saturated rings. The summed E-state index contributed by atoms with van der Waals surface area (Å²) in [5.74, 6) is 0. The predicted octanol–water partition coefficient (Wildman–Crippen LogP) is 4.78. The summed E-state index contributed by atoms with van der Waals surface area (Å²) in [5, 5.41) is 0. The van der Waals surface area contributed by atoms with Crippen molar-refractivity contribution in [1.82, 2.24) is 0 Å². The molecule has 0 saturated carbocycles. The van der Waals surface area contributed by atoms with Gasteiger partial charge in [-0.3, -0.25) is 14.1 Å². The Morgan fingerprint density at radius 1 is 0.727 bits per heavy atom. The predicted molar refractivity (Wildman–Crippen MR) is 115 cm³/mol. The molecule has 0 aliphatic rings. The van der Waals surface area contributed by atoms with Crippen LogP contribution in [0.1, 0.15) is 35.1 Å². The van der Waals surface area contributed by atoms with Crippen LogP contribution < -0.4 is 0 Å². The molecule has 0 unspecified atom stereocenters. The minimum absolute atomic E-state index is 0.452. The lowest BCUT2D eigenvalue weighted by Gasteiger charge is -2.18. The Labute approximate surface area is 187 Å². The van der Waals surface area contributed by atoms with Crippen molar-refractivity contribution in [3.8, 4) is 0 Å². The quantitative estimate of drug-likeness (QED) is 0.149. The average Bonchev–Trinajstić information content (AvgIpc) is 2.72. The van der Waals surface area contributed by atoms with Gasteiger partial charge in [-0.25, -0.2) is 0 Å². The zero-order valence-corrected chi connectivity index (χ0v) is 19.0. The first-order valence-electron chi connectivity index (χ1n) is 9.70. The van der Waals surface area contributed by atoms with Gasteiger partial charge in [0.25, 0.3) is 0 Å². The summed E-state index contributed by atoms with van der Waals surface area (Å²) in [6.45, 7) is 0.452. The van der Waals surface area contributed by atoms with Gasteiger partial charge in [0, 0.05) is 17.7 Å². The maximum absolute atomic E-state index is 13.6. The van der Waals surface area contributed by atoms with E-state index in [1.165, 1.54) is 24.3 Å². The molecule has 0 saturated heterocycles. The summed E-state index contributed by atoms with van der Waals surface area (Å²) in [7, 11) is -11.2. The van der Waals surface area contributed by atoms with E-state index in [9.17, 15) is 26.7 Å². The van der Waals surface area contributed by atoms with Crippen molar-refractivity contribution in [2.24, 2.45) is 4.99 Å². The van der Waals surface area contributed by atoms with E-state index in [1.54, 1.807) is 6.21 Å². The molecule has 33 heavy (non-hydrogen) atoms. The molecule has 13 heteroatoms. The second-order valence-electron chi connectivity index (χ2n) is 7.30. The summed E-state index contributed by atoms with van der Waals surface area (Å²) >= 11 is 0. The minimum Gasteiger partial charge on any atom is -0.320 e. The number of hydrogen-bond acceptors (Lipinski definition) is 3. The summed E-state index contributed by atoms with van der Waals surface area (Å²) in [6.07, 6.45) is 3.79. The topological polar surface area (TPSA) is 127 Å². The molecule has 0 aliphatic heterocycles. The minimum atomic E-state index is -5.60. The SMILES string of the molecule is O=P(O)(O)C(F)(F)c1ccc(CCC=NCCCc2ccc(C(F)(F)P(=O)(O)O)cc2)cc1. The first-order chi connectivity index (χ1) is 15.2. The highest BCUT2D eigenvalue weighted by Gasteiger charge is 2.51. The van der Waals surface area contributed by atoms with Crippen molar-refractivity contribution < 1.29 is 46.3 Å². The molecule has 0 spiro atoms. The van der Waals surface area contributed by atoms with E-state index < -0.39 is 37.6 Å². The molecule has 182 valence electrons. The van der Waals surface area contributed by atoms with Gasteiger partial charge in [0.05, 0.1) is 0 Å². The maximum atomic E-state index is 13.6. The van der Waals surface area contributed by atoms with Gasteiger partial charge >= 0.3 is 26.5 Å². The highest BCUT2D eigenvalue weighted by atomic mass is 31.2. The van der Waals surface area contributed by atoms with Crippen molar-refractivity contribution in [3.63, 3.8) is 0 Å². The Bertz CT molecular complexity index is 1050. The number of aryl methyl sites for hydroxylation is 2. The fourth-order valence-corrected chi connectivity index (χ4v) is 3.84. The lowest BCUT2D eigenvalue weighted by molar-refractivity contribution is 0.0564. The van der Waals surface area contributed by atoms with Crippen LogP contribution in [0.4, 0.5) is 17.6 Å². The van der Waals surface area contributed by atoms with Crippen LogP contribution in [-0.2, 0) is 33.3 Å². The first kappa shape index (κ1) is 27.4. The maximum Gasteiger partial charge on any atom is 0.399 e. The van der Waals surface area contributed by atoms with E-state index >= 15 is 0 Å². The first-order valence-corrected chi connectivity index (χ1v) is 12.9. The summed E-state index contributed by atoms with van der Waals surface area (Å²) < 4.78 is 76.2. The van der Waals surface area contributed by atoms with E-state index in [0.29, 0.717) is 43.4 Å². The molecule has 0 amide bonds. The number of rotatable bonds is 11. The Morgan fingerprint density at radius 3 is 1.52 bits per heavy atom. The van der Waals surface area contributed by atoms with Crippen molar-refractivity contribution in [2.75, 3.05) is 6.54 Å². The highest BCUT2D eigenvalue weighted by molar-refractivity contribution is 7.52. The van der Waals surface area contributed by atoms with Crippen LogP contribution in [0.3, 0.4) is 0 Å². The molecule has 2 aromatic carbocycles. The second kappa shape index (κ2) is 10.6. The molecular formula is C20H23F4NO6P2. The third kappa shape index (κ3) is 7.06.